The van der Waals surface area contributed by atoms with E-state index >= 15 is 0 Å². The van der Waals surface area contributed by atoms with E-state index in [1.165, 1.54) is 11.3 Å². The van der Waals surface area contributed by atoms with Crippen LogP contribution in [0.3, 0.4) is 0 Å². The largest absolute Gasteiger partial charge is 0.298 e. The first kappa shape index (κ1) is 8.44. The summed E-state index contributed by atoms with van der Waals surface area (Å²) in [6.07, 6.45) is 3.88. The van der Waals surface area contributed by atoms with Gasteiger partial charge < -0.3 is 0 Å². The SMILES string of the molecule is Cc1csc(NC(=O)C2=CCC2)n1. The van der Waals surface area contributed by atoms with Gasteiger partial charge in [0.15, 0.2) is 5.13 Å². The summed E-state index contributed by atoms with van der Waals surface area (Å²) in [6, 6.07) is 0. The average Bonchev–Trinajstić information content (AvgIpc) is 2.31. The fourth-order valence-corrected chi connectivity index (χ4v) is 1.77. The zero-order chi connectivity index (χ0) is 9.26. The molecule has 1 aromatic heterocycles. The van der Waals surface area contributed by atoms with Crippen LogP contribution in [-0.4, -0.2) is 10.9 Å². The van der Waals surface area contributed by atoms with Crippen LogP contribution in [0.4, 0.5) is 5.13 Å². The number of amides is 1. The Morgan fingerprint density at radius 1 is 1.69 bits per heavy atom. The van der Waals surface area contributed by atoms with Crippen molar-refractivity contribution in [3.8, 4) is 0 Å². The molecule has 0 atom stereocenters. The maximum absolute atomic E-state index is 11.4. The first-order valence-electron chi connectivity index (χ1n) is 4.18. The smallest absolute Gasteiger partial charge is 0.253 e. The number of allylic oxidation sites excluding steroid dienone is 1. The van der Waals surface area contributed by atoms with Crippen molar-refractivity contribution in [2.24, 2.45) is 0 Å². The fraction of sp³-hybridized carbons (Fsp3) is 0.333. The predicted octanol–water partition coefficient (Wildman–Crippen LogP) is 2.11. The first-order valence-corrected chi connectivity index (χ1v) is 5.06. The third kappa shape index (κ3) is 1.78. The molecule has 4 heteroatoms. The van der Waals surface area contributed by atoms with Gasteiger partial charge in [0.05, 0.1) is 5.69 Å². The minimum absolute atomic E-state index is 0.000556. The van der Waals surface area contributed by atoms with Gasteiger partial charge in [-0.3, -0.25) is 10.1 Å². The Kier molecular flexibility index (Phi) is 2.14. The average molecular weight is 194 g/mol. The molecule has 0 radical (unpaired) electrons. The molecule has 0 spiro atoms. The van der Waals surface area contributed by atoms with Gasteiger partial charge in [-0.05, 0) is 19.8 Å². The number of anilines is 1. The van der Waals surface area contributed by atoms with E-state index in [-0.39, 0.29) is 5.91 Å². The number of nitrogens with one attached hydrogen (secondary N) is 1. The summed E-state index contributed by atoms with van der Waals surface area (Å²) in [6.45, 7) is 1.91. The van der Waals surface area contributed by atoms with E-state index < -0.39 is 0 Å². The van der Waals surface area contributed by atoms with Crippen molar-refractivity contribution in [1.29, 1.82) is 0 Å². The molecule has 1 heterocycles. The van der Waals surface area contributed by atoms with Crippen LogP contribution in [0.1, 0.15) is 18.5 Å². The van der Waals surface area contributed by atoms with Crippen LogP contribution in [0, 0.1) is 6.92 Å². The zero-order valence-corrected chi connectivity index (χ0v) is 8.15. The Balaban J connectivity index is 2.01. The molecule has 1 aliphatic carbocycles. The lowest BCUT2D eigenvalue weighted by atomic mass is 9.99. The Labute approximate surface area is 80.5 Å². The number of carbonyl (C=O) groups excluding carboxylic acids is 1. The van der Waals surface area contributed by atoms with Crippen LogP contribution in [0.15, 0.2) is 17.0 Å². The number of rotatable bonds is 2. The van der Waals surface area contributed by atoms with Crippen molar-refractivity contribution in [2.45, 2.75) is 19.8 Å². The molecule has 3 nitrogen and oxygen atoms in total. The van der Waals surface area contributed by atoms with Gasteiger partial charge in [0.25, 0.3) is 5.91 Å². The molecule has 0 aromatic carbocycles. The molecular formula is C9H10N2OS. The molecule has 13 heavy (non-hydrogen) atoms. The molecule has 68 valence electrons. The van der Waals surface area contributed by atoms with Crippen LogP contribution >= 0.6 is 11.3 Å². The Hall–Kier alpha value is -1.16. The lowest BCUT2D eigenvalue weighted by Crippen LogP contribution is -2.17. The molecule has 1 aromatic rings. The summed E-state index contributed by atoms with van der Waals surface area (Å²) in [7, 11) is 0. The summed E-state index contributed by atoms with van der Waals surface area (Å²) >= 11 is 1.46. The minimum atomic E-state index is 0.000556. The summed E-state index contributed by atoms with van der Waals surface area (Å²) in [5, 5.41) is 5.38. The number of carbonyl (C=O) groups is 1. The molecule has 0 fully saturated rings. The number of nitrogens with zero attached hydrogens (tertiary/aromatic N) is 1. The zero-order valence-electron chi connectivity index (χ0n) is 7.33. The molecule has 1 amide bonds. The number of thiazole rings is 1. The van der Waals surface area contributed by atoms with Crippen LogP contribution in [0.2, 0.25) is 0 Å². The Morgan fingerprint density at radius 2 is 2.46 bits per heavy atom. The normalized spacial score (nSPS) is 14.7. The third-order valence-corrected chi connectivity index (χ3v) is 2.81. The van der Waals surface area contributed by atoms with E-state index in [1.807, 2.05) is 18.4 Å². The van der Waals surface area contributed by atoms with Crippen molar-refractivity contribution in [2.75, 3.05) is 5.32 Å². The highest BCUT2D eigenvalue weighted by Gasteiger charge is 2.15. The monoisotopic (exact) mass is 194 g/mol. The molecule has 0 aliphatic heterocycles. The Bertz CT molecular complexity index is 367. The van der Waals surface area contributed by atoms with E-state index in [0.29, 0.717) is 5.13 Å². The van der Waals surface area contributed by atoms with Crippen LogP contribution in [0.5, 0.6) is 0 Å². The van der Waals surface area contributed by atoms with Gasteiger partial charge >= 0.3 is 0 Å². The van der Waals surface area contributed by atoms with E-state index in [1.54, 1.807) is 0 Å². The van der Waals surface area contributed by atoms with E-state index in [4.69, 9.17) is 0 Å². The van der Waals surface area contributed by atoms with Crippen molar-refractivity contribution in [3.05, 3.63) is 22.7 Å². The van der Waals surface area contributed by atoms with Gasteiger partial charge in [-0.25, -0.2) is 4.98 Å². The van der Waals surface area contributed by atoms with Crippen LogP contribution in [-0.2, 0) is 4.79 Å². The molecule has 0 saturated heterocycles. The second-order valence-corrected chi connectivity index (χ2v) is 3.87. The quantitative estimate of drug-likeness (QED) is 0.783. The second-order valence-electron chi connectivity index (χ2n) is 3.02. The molecule has 2 rings (SSSR count). The maximum Gasteiger partial charge on any atom is 0.253 e. The number of hydrogen-bond acceptors (Lipinski definition) is 3. The van der Waals surface area contributed by atoms with Crippen molar-refractivity contribution in [3.63, 3.8) is 0 Å². The molecular weight excluding hydrogens is 184 g/mol. The van der Waals surface area contributed by atoms with Gasteiger partial charge in [-0.1, -0.05) is 6.08 Å². The molecule has 1 N–H and O–H groups in total. The second kappa shape index (κ2) is 3.30. The Morgan fingerprint density at radius 3 is 2.92 bits per heavy atom. The predicted molar refractivity (Wildman–Crippen MR) is 52.8 cm³/mol. The van der Waals surface area contributed by atoms with E-state index in [0.717, 1.165) is 24.1 Å². The minimum Gasteiger partial charge on any atom is -0.298 e. The summed E-state index contributed by atoms with van der Waals surface area (Å²) < 4.78 is 0. The molecule has 1 aliphatic rings. The summed E-state index contributed by atoms with van der Waals surface area (Å²) in [5.74, 6) is 0.000556. The van der Waals surface area contributed by atoms with Crippen molar-refractivity contribution in [1.82, 2.24) is 4.98 Å². The standard InChI is InChI=1S/C9H10N2OS/c1-6-5-13-9(10-6)11-8(12)7-3-2-4-7/h3,5H,2,4H2,1H3,(H,10,11,12). The van der Waals surface area contributed by atoms with E-state index in [9.17, 15) is 4.79 Å². The highest BCUT2D eigenvalue weighted by atomic mass is 32.1. The summed E-state index contributed by atoms with van der Waals surface area (Å²) in [5.41, 5.74) is 1.83. The number of hydrogen-bond donors (Lipinski definition) is 1. The number of aryl methyl sites for hydroxylation is 1. The van der Waals surface area contributed by atoms with Gasteiger partial charge in [0.1, 0.15) is 0 Å². The van der Waals surface area contributed by atoms with Gasteiger partial charge in [-0.15, -0.1) is 11.3 Å². The van der Waals surface area contributed by atoms with Gasteiger partial charge in [-0.2, -0.15) is 0 Å². The number of aromatic nitrogens is 1. The van der Waals surface area contributed by atoms with Crippen LogP contribution in [0.25, 0.3) is 0 Å². The summed E-state index contributed by atoms with van der Waals surface area (Å²) in [4.78, 5) is 15.5. The van der Waals surface area contributed by atoms with E-state index in [2.05, 4.69) is 10.3 Å². The lowest BCUT2D eigenvalue weighted by Gasteiger charge is -2.12. The van der Waals surface area contributed by atoms with Crippen molar-refractivity contribution < 1.29 is 4.79 Å². The fourth-order valence-electron chi connectivity index (χ4n) is 1.08. The van der Waals surface area contributed by atoms with Gasteiger partial charge in [0, 0.05) is 11.0 Å². The highest BCUT2D eigenvalue weighted by molar-refractivity contribution is 7.13. The highest BCUT2D eigenvalue weighted by Crippen LogP contribution is 2.21. The molecule has 0 unspecified atom stereocenters. The third-order valence-electron chi connectivity index (χ3n) is 1.94. The van der Waals surface area contributed by atoms with Gasteiger partial charge in [0.2, 0.25) is 0 Å². The molecule has 0 bridgehead atoms. The van der Waals surface area contributed by atoms with Crippen molar-refractivity contribution >= 4 is 22.4 Å². The lowest BCUT2D eigenvalue weighted by molar-refractivity contribution is -0.113. The first-order chi connectivity index (χ1) is 6.25. The molecule has 0 saturated carbocycles. The van der Waals surface area contributed by atoms with Crippen LogP contribution < -0.4 is 5.32 Å². The topological polar surface area (TPSA) is 42.0 Å². The maximum atomic E-state index is 11.4.